The van der Waals surface area contributed by atoms with Gasteiger partial charge in [-0.1, -0.05) is 26.7 Å². The molecule has 1 aromatic rings. The van der Waals surface area contributed by atoms with Crippen molar-refractivity contribution >= 4 is 10.0 Å². The number of rotatable bonds is 4. The first-order chi connectivity index (χ1) is 8.54. The third-order valence-electron chi connectivity index (χ3n) is 4.39. The fourth-order valence-electron chi connectivity index (χ4n) is 2.69. The Kier molecular flexibility index (Phi) is 3.77. The van der Waals surface area contributed by atoms with Crippen molar-refractivity contribution in [2.75, 3.05) is 13.1 Å². The Labute approximate surface area is 109 Å². The summed E-state index contributed by atoms with van der Waals surface area (Å²) in [4.78, 5) is 0.267. The maximum absolute atomic E-state index is 12.3. The van der Waals surface area contributed by atoms with Gasteiger partial charge < -0.3 is 0 Å². The Balaban J connectivity index is 2.11. The normalized spacial score (nSPS) is 21.0. The summed E-state index contributed by atoms with van der Waals surface area (Å²) in [6.07, 6.45) is 6.98. The molecule has 2 rings (SSSR count). The summed E-state index contributed by atoms with van der Waals surface area (Å²) in [5.41, 5.74) is 0.336. The number of aromatic nitrogens is 2. The lowest BCUT2D eigenvalue weighted by molar-refractivity contribution is 0.141. The summed E-state index contributed by atoms with van der Waals surface area (Å²) in [7, 11) is -3.35. The number of nitrogens with zero attached hydrogens (tertiary/aromatic N) is 2. The van der Waals surface area contributed by atoms with E-state index in [4.69, 9.17) is 0 Å². The topological polar surface area (TPSA) is 66.1 Å². The molecule has 2 heterocycles. The van der Waals surface area contributed by atoms with Crippen molar-refractivity contribution in [2.45, 2.75) is 44.4 Å². The second-order valence-electron chi connectivity index (χ2n) is 5.05. The van der Waals surface area contributed by atoms with Crippen molar-refractivity contribution in [2.24, 2.45) is 5.41 Å². The number of sulfonamides is 1. The lowest BCUT2D eigenvalue weighted by Crippen LogP contribution is -2.42. The molecule has 0 atom stereocenters. The molecule has 0 saturated carbocycles. The van der Waals surface area contributed by atoms with Gasteiger partial charge in [0.2, 0.25) is 10.0 Å². The molecule has 0 bridgehead atoms. The van der Waals surface area contributed by atoms with E-state index >= 15 is 0 Å². The molecule has 5 nitrogen and oxygen atoms in total. The molecule has 18 heavy (non-hydrogen) atoms. The maximum atomic E-state index is 12.3. The molecule has 0 unspecified atom stereocenters. The van der Waals surface area contributed by atoms with Crippen LogP contribution in [-0.4, -0.2) is 36.0 Å². The average molecular weight is 271 g/mol. The summed E-state index contributed by atoms with van der Waals surface area (Å²) in [6.45, 7) is 5.64. The van der Waals surface area contributed by atoms with Crippen LogP contribution in [0, 0.1) is 5.41 Å². The van der Waals surface area contributed by atoms with Crippen molar-refractivity contribution in [1.82, 2.24) is 14.5 Å². The molecule has 0 spiro atoms. The summed E-state index contributed by atoms with van der Waals surface area (Å²) < 4.78 is 26.2. The van der Waals surface area contributed by atoms with Crippen molar-refractivity contribution in [1.29, 1.82) is 0 Å². The smallest absolute Gasteiger partial charge is 0.246 e. The van der Waals surface area contributed by atoms with Gasteiger partial charge in [0.05, 0.1) is 6.20 Å². The molecular formula is C12H21N3O2S. The lowest BCUT2D eigenvalue weighted by atomic mass is 9.75. The van der Waals surface area contributed by atoms with E-state index in [0.29, 0.717) is 18.5 Å². The monoisotopic (exact) mass is 271 g/mol. The van der Waals surface area contributed by atoms with Crippen LogP contribution in [-0.2, 0) is 10.0 Å². The van der Waals surface area contributed by atoms with Crippen LogP contribution in [0.5, 0.6) is 0 Å². The predicted molar refractivity (Wildman–Crippen MR) is 69.6 cm³/mol. The second kappa shape index (κ2) is 5.01. The predicted octanol–water partition coefficient (Wildman–Crippen LogP) is 2.00. The van der Waals surface area contributed by atoms with Gasteiger partial charge in [0, 0.05) is 19.3 Å². The number of nitrogens with one attached hydrogen (secondary N) is 1. The largest absolute Gasteiger partial charge is 0.284 e. The molecule has 1 aliphatic rings. The van der Waals surface area contributed by atoms with Gasteiger partial charge in [-0.05, 0) is 18.3 Å². The first kappa shape index (κ1) is 13.5. The minimum Gasteiger partial charge on any atom is -0.284 e. The SMILES string of the molecule is CCC1(CC)CCN(S(=O)(=O)c2cn[nH]c2)CC1. The van der Waals surface area contributed by atoms with Crippen molar-refractivity contribution in [3.8, 4) is 0 Å². The van der Waals surface area contributed by atoms with Gasteiger partial charge in [0.1, 0.15) is 4.90 Å². The number of hydrogen-bond donors (Lipinski definition) is 1. The maximum Gasteiger partial charge on any atom is 0.246 e. The Bertz CT molecular complexity index is 467. The summed E-state index contributed by atoms with van der Waals surface area (Å²) in [5, 5.41) is 6.27. The third kappa shape index (κ3) is 2.31. The van der Waals surface area contributed by atoms with Gasteiger partial charge in [0.15, 0.2) is 0 Å². The highest BCUT2D eigenvalue weighted by Crippen LogP contribution is 2.39. The van der Waals surface area contributed by atoms with E-state index < -0.39 is 10.0 Å². The number of piperidine rings is 1. The van der Waals surface area contributed by atoms with Crippen LogP contribution in [0.25, 0.3) is 0 Å². The molecule has 102 valence electrons. The zero-order valence-electron chi connectivity index (χ0n) is 11.0. The second-order valence-corrected chi connectivity index (χ2v) is 6.98. The summed E-state index contributed by atoms with van der Waals surface area (Å²) in [6, 6.07) is 0. The first-order valence-corrected chi connectivity index (χ1v) is 7.97. The van der Waals surface area contributed by atoms with Crippen LogP contribution in [0.1, 0.15) is 39.5 Å². The van der Waals surface area contributed by atoms with Crippen LogP contribution in [0.2, 0.25) is 0 Å². The average Bonchev–Trinajstić information content (AvgIpc) is 2.93. The fraction of sp³-hybridized carbons (Fsp3) is 0.750. The molecule has 1 N–H and O–H groups in total. The van der Waals surface area contributed by atoms with Crippen LogP contribution >= 0.6 is 0 Å². The fourth-order valence-corrected chi connectivity index (χ4v) is 4.04. The van der Waals surface area contributed by atoms with Gasteiger partial charge in [-0.2, -0.15) is 9.40 Å². The van der Waals surface area contributed by atoms with E-state index in [0.717, 1.165) is 25.7 Å². The first-order valence-electron chi connectivity index (χ1n) is 6.53. The zero-order valence-corrected chi connectivity index (χ0v) is 11.8. The van der Waals surface area contributed by atoms with Crippen molar-refractivity contribution < 1.29 is 8.42 Å². The number of H-pyrrole nitrogens is 1. The van der Waals surface area contributed by atoms with Crippen LogP contribution < -0.4 is 0 Å². The van der Waals surface area contributed by atoms with E-state index in [1.165, 1.54) is 12.4 Å². The molecular weight excluding hydrogens is 250 g/mol. The van der Waals surface area contributed by atoms with Gasteiger partial charge in [-0.25, -0.2) is 8.42 Å². The molecule has 6 heteroatoms. The van der Waals surface area contributed by atoms with Gasteiger partial charge in [-0.3, -0.25) is 5.10 Å². The third-order valence-corrected chi connectivity index (χ3v) is 6.26. The number of hydrogen-bond acceptors (Lipinski definition) is 3. The highest BCUT2D eigenvalue weighted by atomic mass is 32.2. The van der Waals surface area contributed by atoms with E-state index in [1.54, 1.807) is 4.31 Å². The molecule has 1 saturated heterocycles. The van der Waals surface area contributed by atoms with E-state index in [2.05, 4.69) is 24.0 Å². The molecule has 0 aliphatic carbocycles. The van der Waals surface area contributed by atoms with E-state index in [-0.39, 0.29) is 4.90 Å². The lowest BCUT2D eigenvalue weighted by Gasteiger charge is -2.40. The Morgan fingerprint density at radius 3 is 2.39 bits per heavy atom. The molecule has 1 aromatic heterocycles. The van der Waals surface area contributed by atoms with E-state index in [1.807, 2.05) is 0 Å². The Morgan fingerprint density at radius 2 is 1.94 bits per heavy atom. The minimum atomic E-state index is -3.35. The van der Waals surface area contributed by atoms with Crippen LogP contribution in [0.15, 0.2) is 17.3 Å². The van der Waals surface area contributed by atoms with Gasteiger partial charge in [-0.15, -0.1) is 0 Å². The zero-order chi connectivity index (χ0) is 13.2. The minimum absolute atomic E-state index is 0.267. The molecule has 0 amide bonds. The van der Waals surface area contributed by atoms with Crippen LogP contribution in [0.3, 0.4) is 0 Å². The summed E-state index contributed by atoms with van der Waals surface area (Å²) in [5.74, 6) is 0. The molecule has 1 fully saturated rings. The molecule has 0 aromatic carbocycles. The standard InChI is InChI=1S/C12H21N3O2S/c1-3-12(4-2)5-7-15(8-6-12)18(16,17)11-9-13-14-10-11/h9-10H,3-8H2,1-2H3,(H,13,14). The highest BCUT2D eigenvalue weighted by molar-refractivity contribution is 7.89. The van der Waals surface area contributed by atoms with E-state index in [9.17, 15) is 8.42 Å². The van der Waals surface area contributed by atoms with Gasteiger partial charge >= 0.3 is 0 Å². The highest BCUT2D eigenvalue weighted by Gasteiger charge is 2.36. The quantitative estimate of drug-likeness (QED) is 0.911. The van der Waals surface area contributed by atoms with Crippen LogP contribution in [0.4, 0.5) is 0 Å². The Hall–Kier alpha value is -0.880. The molecule has 1 aliphatic heterocycles. The Morgan fingerprint density at radius 1 is 1.33 bits per heavy atom. The van der Waals surface area contributed by atoms with Crippen molar-refractivity contribution in [3.05, 3.63) is 12.4 Å². The number of aromatic amines is 1. The van der Waals surface area contributed by atoms with Crippen molar-refractivity contribution in [3.63, 3.8) is 0 Å². The van der Waals surface area contributed by atoms with Gasteiger partial charge in [0.25, 0.3) is 0 Å². The molecule has 0 radical (unpaired) electrons. The summed E-state index contributed by atoms with van der Waals surface area (Å²) >= 11 is 0.